The van der Waals surface area contributed by atoms with E-state index >= 15 is 0 Å². The normalized spacial score (nSPS) is 24.3. The largest absolute Gasteiger partial charge is 0.459 e. The molecule has 2 nitrogen and oxygen atoms in total. The Morgan fingerprint density at radius 1 is 1.35 bits per heavy atom. The molecule has 0 aromatic rings. The van der Waals surface area contributed by atoms with Crippen molar-refractivity contribution >= 4 is 5.97 Å². The van der Waals surface area contributed by atoms with Gasteiger partial charge in [-0.15, -0.1) is 0 Å². The van der Waals surface area contributed by atoms with Crippen LogP contribution in [0.25, 0.3) is 0 Å². The van der Waals surface area contributed by atoms with E-state index in [1.807, 2.05) is 0 Å². The first-order valence-electron chi connectivity index (χ1n) is 7.09. The lowest BCUT2D eigenvalue weighted by atomic mass is 9.84. The van der Waals surface area contributed by atoms with E-state index in [-0.39, 0.29) is 12.1 Å². The molecule has 2 heteroatoms. The smallest absolute Gasteiger partial charge is 0.330 e. The predicted molar refractivity (Wildman–Crippen MR) is 70.8 cm³/mol. The van der Waals surface area contributed by atoms with Crippen molar-refractivity contribution < 1.29 is 9.53 Å². The SMILES string of the molecule is C=CC(=O)OC1CCCC(CCCCCC)C1. The van der Waals surface area contributed by atoms with Crippen molar-refractivity contribution in [2.75, 3.05) is 0 Å². The molecule has 0 saturated heterocycles. The van der Waals surface area contributed by atoms with Gasteiger partial charge < -0.3 is 4.74 Å². The molecule has 1 fully saturated rings. The Bertz CT molecular complexity index is 235. The van der Waals surface area contributed by atoms with E-state index in [2.05, 4.69) is 13.5 Å². The minimum absolute atomic E-state index is 0.144. The van der Waals surface area contributed by atoms with Crippen LogP contribution in [-0.4, -0.2) is 12.1 Å². The van der Waals surface area contributed by atoms with Gasteiger partial charge >= 0.3 is 5.97 Å². The maximum Gasteiger partial charge on any atom is 0.330 e. The van der Waals surface area contributed by atoms with Crippen LogP contribution in [0.15, 0.2) is 12.7 Å². The van der Waals surface area contributed by atoms with Gasteiger partial charge in [-0.25, -0.2) is 4.79 Å². The predicted octanol–water partition coefficient (Wildman–Crippen LogP) is 4.24. The lowest BCUT2D eigenvalue weighted by Crippen LogP contribution is -2.24. The minimum atomic E-state index is -0.262. The maximum atomic E-state index is 11.1. The molecular weight excluding hydrogens is 212 g/mol. The highest BCUT2D eigenvalue weighted by atomic mass is 16.5. The zero-order valence-electron chi connectivity index (χ0n) is 11.1. The highest BCUT2D eigenvalue weighted by molar-refractivity contribution is 5.81. The number of carbonyl (C=O) groups excluding carboxylic acids is 1. The fraction of sp³-hybridized carbons (Fsp3) is 0.800. The summed E-state index contributed by atoms with van der Waals surface area (Å²) in [6, 6.07) is 0. The summed E-state index contributed by atoms with van der Waals surface area (Å²) < 4.78 is 5.34. The Morgan fingerprint density at radius 3 is 2.88 bits per heavy atom. The average Bonchev–Trinajstić information content (AvgIpc) is 2.35. The second-order valence-electron chi connectivity index (χ2n) is 5.14. The van der Waals surface area contributed by atoms with E-state index in [0.29, 0.717) is 0 Å². The van der Waals surface area contributed by atoms with Gasteiger partial charge in [0, 0.05) is 6.08 Å². The number of rotatable bonds is 7. The van der Waals surface area contributed by atoms with Crippen molar-refractivity contribution in [2.24, 2.45) is 5.92 Å². The van der Waals surface area contributed by atoms with Gasteiger partial charge in [0.2, 0.25) is 0 Å². The third-order valence-corrected chi connectivity index (χ3v) is 3.65. The van der Waals surface area contributed by atoms with Crippen LogP contribution < -0.4 is 0 Å². The van der Waals surface area contributed by atoms with E-state index in [1.165, 1.54) is 51.0 Å². The second-order valence-corrected chi connectivity index (χ2v) is 5.14. The Labute approximate surface area is 105 Å². The van der Waals surface area contributed by atoms with E-state index in [4.69, 9.17) is 4.74 Å². The molecule has 1 aliphatic carbocycles. The molecule has 1 rings (SSSR count). The van der Waals surface area contributed by atoms with E-state index in [9.17, 15) is 4.79 Å². The first-order chi connectivity index (χ1) is 8.26. The van der Waals surface area contributed by atoms with Crippen LogP contribution in [0.2, 0.25) is 0 Å². The number of ether oxygens (including phenoxy) is 1. The molecule has 0 aliphatic heterocycles. The first-order valence-corrected chi connectivity index (χ1v) is 7.09. The highest BCUT2D eigenvalue weighted by Gasteiger charge is 2.23. The van der Waals surface area contributed by atoms with Gasteiger partial charge in [-0.1, -0.05) is 52.0 Å². The van der Waals surface area contributed by atoms with Crippen LogP contribution >= 0.6 is 0 Å². The topological polar surface area (TPSA) is 26.3 Å². The Morgan fingerprint density at radius 2 is 2.18 bits per heavy atom. The van der Waals surface area contributed by atoms with Crippen molar-refractivity contribution in [3.63, 3.8) is 0 Å². The molecule has 0 radical (unpaired) electrons. The van der Waals surface area contributed by atoms with Gasteiger partial charge in [-0.2, -0.15) is 0 Å². The molecule has 17 heavy (non-hydrogen) atoms. The quantitative estimate of drug-likeness (QED) is 0.376. The number of hydrogen-bond donors (Lipinski definition) is 0. The third kappa shape index (κ3) is 5.90. The Balaban J connectivity index is 2.19. The molecular formula is C15H26O2. The van der Waals surface area contributed by atoms with Gasteiger partial charge in [0.05, 0.1) is 0 Å². The van der Waals surface area contributed by atoms with Crippen molar-refractivity contribution in [2.45, 2.75) is 70.8 Å². The summed E-state index contributed by atoms with van der Waals surface area (Å²) in [5, 5.41) is 0. The van der Waals surface area contributed by atoms with Gasteiger partial charge in [-0.3, -0.25) is 0 Å². The van der Waals surface area contributed by atoms with Crippen LogP contribution in [0, 0.1) is 5.92 Å². The maximum absolute atomic E-state index is 11.1. The number of hydrogen-bond acceptors (Lipinski definition) is 2. The van der Waals surface area contributed by atoms with Crippen LogP contribution in [-0.2, 0) is 9.53 Å². The van der Waals surface area contributed by atoms with E-state index < -0.39 is 0 Å². The summed E-state index contributed by atoms with van der Waals surface area (Å²) in [6.45, 7) is 5.68. The van der Waals surface area contributed by atoms with Gasteiger partial charge in [0.1, 0.15) is 6.10 Å². The van der Waals surface area contributed by atoms with Crippen LogP contribution in [0.5, 0.6) is 0 Å². The van der Waals surface area contributed by atoms with Gasteiger partial charge in [0.25, 0.3) is 0 Å². The molecule has 2 atom stereocenters. The molecule has 0 aromatic heterocycles. The minimum Gasteiger partial charge on any atom is -0.459 e. The van der Waals surface area contributed by atoms with Gasteiger partial charge in [-0.05, 0) is 25.2 Å². The summed E-state index contributed by atoms with van der Waals surface area (Å²) in [7, 11) is 0. The average molecular weight is 238 g/mol. The van der Waals surface area contributed by atoms with E-state index in [0.717, 1.165) is 18.8 Å². The lowest BCUT2D eigenvalue weighted by molar-refractivity contribution is -0.145. The summed E-state index contributed by atoms with van der Waals surface area (Å²) in [4.78, 5) is 11.1. The molecule has 0 spiro atoms. The number of esters is 1. The van der Waals surface area contributed by atoms with Crippen molar-refractivity contribution in [1.82, 2.24) is 0 Å². The van der Waals surface area contributed by atoms with Gasteiger partial charge in [0.15, 0.2) is 0 Å². The zero-order chi connectivity index (χ0) is 12.5. The molecule has 98 valence electrons. The molecule has 0 bridgehead atoms. The molecule has 0 heterocycles. The fourth-order valence-electron chi connectivity index (χ4n) is 2.68. The molecule has 0 amide bonds. The van der Waals surface area contributed by atoms with Crippen molar-refractivity contribution in [3.8, 4) is 0 Å². The van der Waals surface area contributed by atoms with Crippen LogP contribution in [0.1, 0.15) is 64.7 Å². The number of carbonyl (C=O) groups is 1. The summed E-state index contributed by atoms with van der Waals surface area (Å²) >= 11 is 0. The zero-order valence-corrected chi connectivity index (χ0v) is 11.1. The summed E-state index contributed by atoms with van der Waals surface area (Å²) in [5.74, 6) is 0.504. The Kier molecular flexibility index (Phi) is 6.99. The molecule has 2 unspecified atom stereocenters. The number of unbranched alkanes of at least 4 members (excludes halogenated alkanes) is 3. The Hall–Kier alpha value is -0.790. The lowest BCUT2D eigenvalue weighted by Gasteiger charge is -2.28. The summed E-state index contributed by atoms with van der Waals surface area (Å²) in [5.41, 5.74) is 0. The third-order valence-electron chi connectivity index (χ3n) is 3.65. The van der Waals surface area contributed by atoms with E-state index in [1.54, 1.807) is 0 Å². The standard InChI is InChI=1S/C15H26O2/c1-3-5-6-7-9-13-10-8-11-14(12-13)17-15(16)4-2/h4,13-14H,2-3,5-12H2,1H3. The first kappa shape index (κ1) is 14.3. The highest BCUT2D eigenvalue weighted by Crippen LogP contribution is 2.30. The van der Waals surface area contributed by atoms with Crippen molar-refractivity contribution in [3.05, 3.63) is 12.7 Å². The molecule has 0 aromatic carbocycles. The van der Waals surface area contributed by atoms with Crippen LogP contribution in [0.4, 0.5) is 0 Å². The monoisotopic (exact) mass is 238 g/mol. The molecule has 1 aliphatic rings. The van der Waals surface area contributed by atoms with Crippen molar-refractivity contribution in [1.29, 1.82) is 0 Å². The summed E-state index contributed by atoms with van der Waals surface area (Å²) in [6.07, 6.45) is 12.7. The second kappa shape index (κ2) is 8.32. The molecule has 1 saturated carbocycles. The molecule has 0 N–H and O–H groups in total. The fourth-order valence-corrected chi connectivity index (χ4v) is 2.68. The van der Waals surface area contributed by atoms with Crippen LogP contribution in [0.3, 0.4) is 0 Å².